The van der Waals surface area contributed by atoms with Gasteiger partial charge in [0.2, 0.25) is 0 Å². The molecule has 2 aromatic carbocycles. The summed E-state index contributed by atoms with van der Waals surface area (Å²) in [5, 5.41) is 20.9. The quantitative estimate of drug-likeness (QED) is 0.346. The zero-order chi connectivity index (χ0) is 18.0. The molecule has 128 valence electrons. The Morgan fingerprint density at radius 3 is 2.52 bits per heavy atom. The van der Waals surface area contributed by atoms with E-state index in [9.17, 15) is 10.1 Å². The van der Waals surface area contributed by atoms with Crippen LogP contribution < -0.4 is 0 Å². The number of nitro benzene ring substituents is 1. The molecule has 1 heterocycles. The van der Waals surface area contributed by atoms with Crippen molar-refractivity contribution in [3.05, 3.63) is 68.2 Å². The molecule has 0 aliphatic carbocycles. The van der Waals surface area contributed by atoms with Gasteiger partial charge in [0.15, 0.2) is 11.0 Å². The Morgan fingerprint density at radius 2 is 1.88 bits per heavy atom. The average molecular weight is 395 g/mol. The van der Waals surface area contributed by atoms with Crippen LogP contribution in [-0.2, 0) is 12.8 Å². The van der Waals surface area contributed by atoms with Gasteiger partial charge >= 0.3 is 0 Å². The minimum absolute atomic E-state index is 0.0760. The number of halogens is 2. The second-order valence-corrected chi connectivity index (χ2v) is 6.99. The van der Waals surface area contributed by atoms with Crippen LogP contribution in [0.5, 0.6) is 0 Å². The number of nitrogens with zero attached hydrogens (tertiary/aromatic N) is 4. The Labute approximate surface area is 157 Å². The van der Waals surface area contributed by atoms with Crippen LogP contribution in [0.1, 0.15) is 5.56 Å². The fraction of sp³-hybridized carbons (Fsp3) is 0.125. The van der Waals surface area contributed by atoms with Crippen LogP contribution in [0, 0.1) is 10.1 Å². The third-order valence-electron chi connectivity index (χ3n) is 3.52. The minimum Gasteiger partial charge on any atom is -0.305 e. The lowest BCUT2D eigenvalue weighted by Gasteiger charge is -2.06. The normalized spacial score (nSPS) is 10.8. The van der Waals surface area contributed by atoms with Crippen LogP contribution in [0.2, 0.25) is 10.0 Å². The van der Waals surface area contributed by atoms with Gasteiger partial charge in [-0.15, -0.1) is 10.2 Å². The van der Waals surface area contributed by atoms with Crippen molar-refractivity contribution in [2.75, 3.05) is 0 Å². The number of non-ortho nitro benzene ring substituents is 1. The first-order chi connectivity index (χ1) is 12.0. The first-order valence-corrected chi connectivity index (χ1v) is 8.91. The summed E-state index contributed by atoms with van der Waals surface area (Å²) in [6.07, 6.45) is 0. The molecule has 0 amide bonds. The standard InChI is InChI=1S/C16H12Cl2N4O2S/c1-21-15(13-7-4-11(17)8-14(13)18)19-20-16(21)25-9-10-2-5-12(6-3-10)22(23)24/h2-8H,9H2,1H3. The van der Waals surface area contributed by atoms with E-state index in [0.29, 0.717) is 21.6 Å². The summed E-state index contributed by atoms with van der Waals surface area (Å²) in [7, 11) is 1.86. The number of benzene rings is 2. The second-order valence-electron chi connectivity index (χ2n) is 5.20. The van der Waals surface area contributed by atoms with Gasteiger partial charge in [0, 0.05) is 35.5 Å². The predicted octanol–water partition coefficient (Wildman–Crippen LogP) is 4.99. The number of nitro groups is 1. The van der Waals surface area contributed by atoms with Crippen LogP contribution in [-0.4, -0.2) is 19.7 Å². The summed E-state index contributed by atoms with van der Waals surface area (Å²) in [5.41, 5.74) is 1.79. The summed E-state index contributed by atoms with van der Waals surface area (Å²) in [4.78, 5) is 10.3. The molecule has 0 aliphatic heterocycles. The van der Waals surface area contributed by atoms with E-state index in [2.05, 4.69) is 10.2 Å². The molecule has 25 heavy (non-hydrogen) atoms. The largest absolute Gasteiger partial charge is 0.305 e. The number of thioether (sulfide) groups is 1. The third kappa shape index (κ3) is 3.95. The summed E-state index contributed by atoms with van der Waals surface area (Å²) >= 11 is 13.6. The maximum atomic E-state index is 10.7. The van der Waals surface area contributed by atoms with Gasteiger partial charge in [-0.2, -0.15) is 0 Å². The third-order valence-corrected chi connectivity index (χ3v) is 5.16. The molecule has 0 saturated heterocycles. The predicted molar refractivity (Wildman–Crippen MR) is 99.1 cm³/mol. The molecule has 0 saturated carbocycles. The maximum Gasteiger partial charge on any atom is 0.269 e. The maximum absolute atomic E-state index is 10.7. The molecule has 6 nitrogen and oxygen atoms in total. The molecule has 0 bridgehead atoms. The molecule has 0 atom stereocenters. The van der Waals surface area contributed by atoms with Crippen LogP contribution in [0.4, 0.5) is 5.69 Å². The highest BCUT2D eigenvalue weighted by Crippen LogP contribution is 2.31. The molecule has 3 rings (SSSR count). The van der Waals surface area contributed by atoms with Crippen LogP contribution >= 0.6 is 35.0 Å². The van der Waals surface area contributed by atoms with E-state index < -0.39 is 4.92 Å². The van der Waals surface area contributed by atoms with Gasteiger partial charge < -0.3 is 4.57 Å². The van der Waals surface area contributed by atoms with E-state index in [0.717, 1.165) is 16.3 Å². The van der Waals surface area contributed by atoms with Crippen molar-refractivity contribution in [1.29, 1.82) is 0 Å². The lowest BCUT2D eigenvalue weighted by Crippen LogP contribution is -1.95. The Bertz CT molecular complexity index is 928. The Balaban J connectivity index is 1.76. The van der Waals surface area contributed by atoms with E-state index in [1.807, 2.05) is 11.6 Å². The molecular formula is C16H12Cl2N4O2S. The molecule has 3 aromatic rings. The van der Waals surface area contributed by atoms with Gasteiger partial charge in [0.1, 0.15) is 0 Å². The fourth-order valence-electron chi connectivity index (χ4n) is 2.21. The monoisotopic (exact) mass is 394 g/mol. The van der Waals surface area contributed by atoms with Crippen molar-refractivity contribution in [2.45, 2.75) is 10.9 Å². The Hall–Kier alpha value is -2.09. The highest BCUT2D eigenvalue weighted by Gasteiger charge is 2.14. The minimum atomic E-state index is -0.415. The molecule has 0 radical (unpaired) electrons. The molecule has 0 aliphatic rings. The SMILES string of the molecule is Cn1c(SCc2ccc([N+](=O)[O-])cc2)nnc1-c1ccc(Cl)cc1Cl. The number of aromatic nitrogens is 3. The molecule has 1 aromatic heterocycles. The topological polar surface area (TPSA) is 73.8 Å². The average Bonchev–Trinajstić information content (AvgIpc) is 2.94. The van der Waals surface area contributed by atoms with Crippen LogP contribution in [0.3, 0.4) is 0 Å². The van der Waals surface area contributed by atoms with Crippen molar-refractivity contribution in [3.63, 3.8) is 0 Å². The lowest BCUT2D eigenvalue weighted by atomic mass is 10.2. The number of rotatable bonds is 5. The van der Waals surface area contributed by atoms with E-state index in [1.165, 1.54) is 23.9 Å². The molecule has 0 N–H and O–H groups in total. The zero-order valence-electron chi connectivity index (χ0n) is 13.0. The van der Waals surface area contributed by atoms with E-state index in [-0.39, 0.29) is 5.69 Å². The van der Waals surface area contributed by atoms with Gasteiger partial charge in [-0.05, 0) is 23.8 Å². The van der Waals surface area contributed by atoms with E-state index >= 15 is 0 Å². The fourth-order valence-corrected chi connectivity index (χ4v) is 3.57. The van der Waals surface area contributed by atoms with Crippen molar-refractivity contribution >= 4 is 40.7 Å². The van der Waals surface area contributed by atoms with Crippen molar-refractivity contribution in [3.8, 4) is 11.4 Å². The van der Waals surface area contributed by atoms with E-state index in [1.54, 1.807) is 30.3 Å². The van der Waals surface area contributed by atoms with Gasteiger partial charge in [0.25, 0.3) is 5.69 Å². The smallest absolute Gasteiger partial charge is 0.269 e. The van der Waals surface area contributed by atoms with Crippen LogP contribution in [0.15, 0.2) is 47.6 Å². The van der Waals surface area contributed by atoms with Gasteiger partial charge in [-0.1, -0.05) is 47.1 Å². The summed E-state index contributed by atoms with van der Waals surface area (Å²) in [6, 6.07) is 11.7. The van der Waals surface area contributed by atoms with Crippen LogP contribution in [0.25, 0.3) is 11.4 Å². The second kappa shape index (κ2) is 7.43. The number of hydrogen-bond donors (Lipinski definition) is 0. The van der Waals surface area contributed by atoms with Gasteiger partial charge in [0.05, 0.1) is 9.95 Å². The molecule has 0 spiro atoms. The van der Waals surface area contributed by atoms with Gasteiger partial charge in [-0.25, -0.2) is 0 Å². The van der Waals surface area contributed by atoms with Gasteiger partial charge in [-0.3, -0.25) is 10.1 Å². The van der Waals surface area contributed by atoms with E-state index in [4.69, 9.17) is 23.2 Å². The Morgan fingerprint density at radius 1 is 1.16 bits per heavy atom. The van der Waals surface area contributed by atoms with Crippen molar-refractivity contribution in [2.24, 2.45) is 7.05 Å². The molecule has 9 heteroatoms. The highest BCUT2D eigenvalue weighted by molar-refractivity contribution is 7.98. The first-order valence-electron chi connectivity index (χ1n) is 7.16. The summed E-state index contributed by atoms with van der Waals surface area (Å²) in [6.45, 7) is 0. The van der Waals surface area contributed by atoms with Crippen molar-refractivity contribution in [1.82, 2.24) is 14.8 Å². The Kier molecular flexibility index (Phi) is 5.27. The first kappa shape index (κ1) is 17.7. The summed E-state index contributed by atoms with van der Waals surface area (Å²) in [5.74, 6) is 1.27. The van der Waals surface area contributed by atoms with Crippen molar-refractivity contribution < 1.29 is 4.92 Å². The molecular weight excluding hydrogens is 383 g/mol. The highest BCUT2D eigenvalue weighted by atomic mass is 35.5. The summed E-state index contributed by atoms with van der Waals surface area (Å²) < 4.78 is 1.85. The number of hydrogen-bond acceptors (Lipinski definition) is 5. The molecule has 0 unspecified atom stereocenters. The molecule has 0 fully saturated rings. The lowest BCUT2D eigenvalue weighted by molar-refractivity contribution is -0.384. The zero-order valence-corrected chi connectivity index (χ0v) is 15.3.